The van der Waals surface area contributed by atoms with Crippen LogP contribution < -0.4 is 10.6 Å². The first-order valence-electron chi connectivity index (χ1n) is 11.1. The van der Waals surface area contributed by atoms with E-state index in [4.69, 9.17) is 23.2 Å². The highest BCUT2D eigenvalue weighted by molar-refractivity contribution is 6.40. The van der Waals surface area contributed by atoms with Crippen molar-refractivity contribution in [3.8, 4) is 0 Å². The van der Waals surface area contributed by atoms with Crippen molar-refractivity contribution in [1.29, 1.82) is 0 Å². The van der Waals surface area contributed by atoms with E-state index in [2.05, 4.69) is 15.6 Å². The first-order valence-corrected chi connectivity index (χ1v) is 11.8. The molecule has 34 heavy (non-hydrogen) atoms. The molecule has 9 heteroatoms. The molecule has 0 spiro atoms. The third-order valence-electron chi connectivity index (χ3n) is 6.26. The molecule has 1 amide bonds. The largest absolute Gasteiger partial charge is 0.480 e. The maximum absolute atomic E-state index is 12.6. The Kier molecular flexibility index (Phi) is 8.00. The van der Waals surface area contributed by atoms with E-state index in [0.29, 0.717) is 24.2 Å². The number of anilines is 1. The molecule has 1 unspecified atom stereocenters. The number of allylic oxidation sites excluding steroid dienone is 2. The Morgan fingerprint density at radius 1 is 1.12 bits per heavy atom. The molecule has 0 radical (unpaired) electrons. The molecule has 1 aromatic heterocycles. The van der Waals surface area contributed by atoms with Crippen LogP contribution in [-0.2, 0) is 9.59 Å². The van der Waals surface area contributed by atoms with Crippen LogP contribution in [0, 0.1) is 5.41 Å². The second-order valence-electron chi connectivity index (χ2n) is 8.53. The second-order valence-corrected chi connectivity index (χ2v) is 9.35. The van der Waals surface area contributed by atoms with Crippen LogP contribution in [0.3, 0.4) is 0 Å². The second kappa shape index (κ2) is 10.6. The summed E-state index contributed by atoms with van der Waals surface area (Å²) in [6.45, 7) is 5.76. The summed E-state index contributed by atoms with van der Waals surface area (Å²) in [4.78, 5) is 40.8. The van der Waals surface area contributed by atoms with Crippen LogP contribution in [0.2, 0.25) is 10.0 Å². The molecule has 1 heterocycles. The van der Waals surface area contributed by atoms with Gasteiger partial charge >= 0.3 is 5.97 Å². The number of carbonyl (C=O) groups excluding carboxylic acids is 2. The Morgan fingerprint density at radius 2 is 1.74 bits per heavy atom. The van der Waals surface area contributed by atoms with Crippen LogP contribution in [0.25, 0.3) is 0 Å². The van der Waals surface area contributed by atoms with Crippen molar-refractivity contribution in [3.63, 3.8) is 0 Å². The molecule has 2 aromatic rings. The number of nitrogens with one attached hydrogen (secondary N) is 2. The van der Waals surface area contributed by atoms with E-state index in [1.807, 2.05) is 20.8 Å². The quantitative estimate of drug-likeness (QED) is 0.397. The number of hydrogen-bond donors (Lipinski definition) is 3. The number of carbonyl (C=O) groups is 3. The summed E-state index contributed by atoms with van der Waals surface area (Å²) in [5.74, 6) is -1.80. The monoisotopic (exact) mass is 503 g/mol. The SMILES string of the molecule is CCC[C@]1(C)C(=O)C=C1N[C@H](C(=O)O)C(CC)c1ccc(NC(=O)c2c(Cl)cncc2Cl)cc1. The maximum Gasteiger partial charge on any atom is 0.326 e. The number of nitrogens with zero attached hydrogens (tertiary/aromatic N) is 1. The van der Waals surface area contributed by atoms with E-state index in [-0.39, 0.29) is 27.3 Å². The van der Waals surface area contributed by atoms with Crippen LogP contribution in [0.5, 0.6) is 0 Å². The van der Waals surface area contributed by atoms with Crippen LogP contribution in [0.4, 0.5) is 5.69 Å². The van der Waals surface area contributed by atoms with Crippen LogP contribution in [0.15, 0.2) is 48.4 Å². The lowest BCUT2D eigenvalue weighted by Crippen LogP contribution is -2.50. The number of aromatic nitrogens is 1. The predicted molar refractivity (Wildman–Crippen MR) is 132 cm³/mol. The highest BCUT2D eigenvalue weighted by atomic mass is 35.5. The number of halogens is 2. The minimum absolute atomic E-state index is 0.0172. The lowest BCUT2D eigenvalue weighted by Gasteiger charge is -2.40. The molecule has 0 bridgehead atoms. The zero-order valence-corrected chi connectivity index (χ0v) is 20.7. The molecule has 180 valence electrons. The Balaban J connectivity index is 1.78. The summed E-state index contributed by atoms with van der Waals surface area (Å²) >= 11 is 12.1. The van der Waals surface area contributed by atoms with E-state index in [1.54, 1.807) is 24.3 Å². The maximum atomic E-state index is 12.6. The molecule has 0 saturated carbocycles. The average molecular weight is 504 g/mol. The normalized spacial score (nSPS) is 19.0. The van der Waals surface area contributed by atoms with Crippen molar-refractivity contribution in [2.24, 2.45) is 5.41 Å². The van der Waals surface area contributed by atoms with E-state index >= 15 is 0 Å². The predicted octanol–water partition coefficient (Wildman–Crippen LogP) is 5.45. The summed E-state index contributed by atoms with van der Waals surface area (Å²) in [5.41, 5.74) is 1.44. The first kappa shape index (κ1) is 25.7. The molecule has 7 nitrogen and oxygen atoms in total. The molecule has 3 rings (SSSR count). The Morgan fingerprint density at radius 3 is 2.24 bits per heavy atom. The highest BCUT2D eigenvalue weighted by Gasteiger charge is 2.45. The molecule has 1 aliphatic carbocycles. The zero-order valence-electron chi connectivity index (χ0n) is 19.2. The number of hydrogen-bond acceptors (Lipinski definition) is 5. The average Bonchev–Trinajstić information content (AvgIpc) is 2.79. The Hall–Kier alpha value is -2.90. The van der Waals surface area contributed by atoms with Gasteiger partial charge in [0.05, 0.1) is 21.0 Å². The van der Waals surface area contributed by atoms with Gasteiger partial charge < -0.3 is 15.7 Å². The van der Waals surface area contributed by atoms with Gasteiger partial charge in [-0.2, -0.15) is 0 Å². The fourth-order valence-electron chi connectivity index (χ4n) is 4.26. The van der Waals surface area contributed by atoms with Gasteiger partial charge in [-0.05, 0) is 37.5 Å². The van der Waals surface area contributed by atoms with Gasteiger partial charge in [-0.15, -0.1) is 0 Å². The minimum atomic E-state index is -0.995. The van der Waals surface area contributed by atoms with Gasteiger partial charge in [0.15, 0.2) is 5.78 Å². The number of rotatable bonds is 10. The van der Waals surface area contributed by atoms with Crippen LogP contribution >= 0.6 is 23.2 Å². The summed E-state index contributed by atoms with van der Waals surface area (Å²) in [5, 5.41) is 16.1. The van der Waals surface area contributed by atoms with E-state index in [9.17, 15) is 19.5 Å². The molecule has 1 aromatic carbocycles. The molecule has 1 aliphatic rings. The molecule has 0 aliphatic heterocycles. The first-order chi connectivity index (χ1) is 16.1. The fraction of sp³-hybridized carbons (Fsp3) is 0.360. The van der Waals surface area contributed by atoms with Crippen molar-refractivity contribution in [2.45, 2.75) is 52.0 Å². The Labute approximate surface area is 208 Å². The number of amides is 1. The third kappa shape index (κ3) is 5.10. The topological polar surface area (TPSA) is 108 Å². The summed E-state index contributed by atoms with van der Waals surface area (Å²) < 4.78 is 0. The summed E-state index contributed by atoms with van der Waals surface area (Å²) in [6, 6.07) is 6.05. The lowest BCUT2D eigenvalue weighted by molar-refractivity contribution is -0.140. The van der Waals surface area contributed by atoms with Gasteiger partial charge in [0, 0.05) is 35.8 Å². The van der Waals surface area contributed by atoms with Crippen LogP contribution in [0.1, 0.15) is 61.9 Å². The fourth-order valence-corrected chi connectivity index (χ4v) is 4.80. The van der Waals surface area contributed by atoms with Gasteiger partial charge in [-0.1, -0.05) is 55.6 Å². The number of carboxylic acids is 1. The van der Waals surface area contributed by atoms with Gasteiger partial charge in [0.25, 0.3) is 5.91 Å². The Bertz CT molecular complexity index is 1110. The smallest absolute Gasteiger partial charge is 0.326 e. The number of pyridine rings is 1. The number of benzene rings is 1. The summed E-state index contributed by atoms with van der Waals surface area (Å²) in [6.07, 6.45) is 6.21. The minimum Gasteiger partial charge on any atom is -0.480 e. The van der Waals surface area contributed by atoms with Crippen molar-refractivity contribution >= 4 is 46.5 Å². The van der Waals surface area contributed by atoms with Crippen LogP contribution in [-0.4, -0.2) is 33.8 Å². The van der Waals surface area contributed by atoms with Crippen molar-refractivity contribution < 1.29 is 19.5 Å². The van der Waals surface area contributed by atoms with Crippen molar-refractivity contribution in [3.05, 3.63) is 69.6 Å². The molecule has 3 N–H and O–H groups in total. The van der Waals surface area contributed by atoms with Crippen molar-refractivity contribution in [2.75, 3.05) is 5.32 Å². The van der Waals surface area contributed by atoms with Gasteiger partial charge in [0.1, 0.15) is 6.04 Å². The highest BCUT2D eigenvalue weighted by Crippen LogP contribution is 2.41. The molecular weight excluding hydrogens is 477 g/mol. The number of aliphatic carboxylic acids is 1. The van der Waals surface area contributed by atoms with Crippen molar-refractivity contribution in [1.82, 2.24) is 10.3 Å². The van der Waals surface area contributed by atoms with Gasteiger partial charge in [-0.3, -0.25) is 14.6 Å². The molecule has 0 fully saturated rings. The standard InChI is InChI=1S/C25H27Cl2N3O4/c1-4-10-25(3)19(11-20(25)31)30-22(24(33)34)16(5-2)14-6-8-15(9-7-14)29-23(32)21-17(26)12-28-13-18(21)27/h6-9,11-13,16,22,30H,4-5,10H2,1-3H3,(H,29,32)(H,33,34)/t16?,22-,25-/m0/s1. The number of ketones is 1. The molecule has 0 saturated heterocycles. The number of carboxylic acid groups (broad SMARTS) is 1. The van der Waals surface area contributed by atoms with E-state index in [1.165, 1.54) is 18.5 Å². The van der Waals surface area contributed by atoms with E-state index < -0.39 is 23.3 Å². The van der Waals surface area contributed by atoms with Gasteiger partial charge in [0.2, 0.25) is 0 Å². The lowest BCUT2D eigenvalue weighted by atomic mass is 9.69. The third-order valence-corrected chi connectivity index (χ3v) is 6.83. The summed E-state index contributed by atoms with van der Waals surface area (Å²) in [7, 11) is 0. The molecular formula is C25H27Cl2N3O4. The van der Waals surface area contributed by atoms with Gasteiger partial charge in [-0.25, -0.2) is 4.79 Å². The molecule has 3 atom stereocenters. The van der Waals surface area contributed by atoms with E-state index in [0.717, 1.165) is 12.0 Å². The zero-order chi connectivity index (χ0) is 25.0.